The van der Waals surface area contributed by atoms with Crippen LogP contribution in [-0.4, -0.2) is 4.39 Å². The van der Waals surface area contributed by atoms with Gasteiger partial charge in [-0.2, -0.15) is 0 Å². The third-order valence-corrected chi connectivity index (χ3v) is 3.07. The Morgan fingerprint density at radius 2 is 2.00 bits per heavy atom. The molecule has 1 rings (SSSR count). The van der Waals surface area contributed by atoms with Gasteiger partial charge >= 0.3 is 0 Å². The Kier molecular flexibility index (Phi) is 3.77. The lowest BCUT2D eigenvalue weighted by Gasteiger charge is -2.17. The average Bonchev–Trinajstić information content (AvgIpc) is 2.06. The average molecular weight is 221 g/mol. The maximum atomic E-state index is 5.92. The van der Waals surface area contributed by atoms with Crippen LogP contribution in [0.15, 0.2) is 35.2 Å². The second-order valence-electron chi connectivity index (χ2n) is 2.34. The summed E-state index contributed by atoms with van der Waals surface area (Å²) < 4.78 is 3.96. The zero-order valence-electron chi connectivity index (χ0n) is 6.53. The minimum Gasteiger partial charge on any atom is -0.285 e. The number of halogens is 1. The number of hydrogen-bond donors (Lipinski definition) is 1. The number of thiol groups is 1. The van der Waals surface area contributed by atoms with E-state index in [4.69, 9.17) is 15.8 Å². The molecule has 0 aliphatic rings. The maximum Gasteiger partial charge on any atom is 0.202 e. The first-order valence-electron chi connectivity index (χ1n) is 3.39. The normalized spacial score (nSPS) is 15.6. The molecule has 0 aliphatic carbocycles. The zero-order chi connectivity index (χ0) is 9.03. The molecule has 1 aromatic carbocycles. The van der Waals surface area contributed by atoms with Crippen LogP contribution in [0.4, 0.5) is 0 Å². The highest BCUT2D eigenvalue weighted by Gasteiger charge is 2.21. The molecule has 0 amide bonds. The van der Waals surface area contributed by atoms with Gasteiger partial charge in [-0.15, -0.1) is 0 Å². The fourth-order valence-electron chi connectivity index (χ4n) is 0.718. The molecule has 1 aromatic rings. The van der Waals surface area contributed by atoms with Gasteiger partial charge in [-0.1, -0.05) is 41.6 Å². The third-order valence-electron chi connectivity index (χ3n) is 1.21. The minimum atomic E-state index is -0.801. The van der Waals surface area contributed by atoms with Crippen molar-refractivity contribution in [3.63, 3.8) is 0 Å². The van der Waals surface area contributed by atoms with Crippen molar-refractivity contribution in [3.05, 3.63) is 30.3 Å². The van der Waals surface area contributed by atoms with Gasteiger partial charge in [-0.05, 0) is 32.0 Å². The molecule has 0 N–H and O–H groups in total. The predicted molar refractivity (Wildman–Crippen MR) is 56.6 cm³/mol. The minimum absolute atomic E-state index is 0.801. The van der Waals surface area contributed by atoms with Crippen molar-refractivity contribution in [1.82, 2.24) is 0 Å². The Bertz CT molecular complexity index is 238. The van der Waals surface area contributed by atoms with Crippen molar-refractivity contribution in [2.24, 2.45) is 0 Å². The van der Waals surface area contributed by atoms with E-state index in [0.29, 0.717) is 0 Å². The van der Waals surface area contributed by atoms with Gasteiger partial charge in [0, 0.05) is 4.90 Å². The molecule has 0 fully saturated rings. The molecule has 66 valence electrons. The quantitative estimate of drug-likeness (QED) is 0.274. The largest absolute Gasteiger partial charge is 0.285 e. The molecule has 0 saturated heterocycles. The standard InChI is InChI=1S/C8H9ClOS2/c1-8(9,10-11)12-7-5-3-2-4-6-7/h2-6,11H,1H3. The second kappa shape index (κ2) is 4.42. The Hall–Kier alpha value is 0.170. The monoisotopic (exact) mass is 220 g/mol. The first kappa shape index (κ1) is 10.3. The molecule has 0 aliphatic heterocycles. The molecule has 12 heavy (non-hydrogen) atoms. The van der Waals surface area contributed by atoms with Gasteiger partial charge in [0.1, 0.15) is 0 Å². The lowest BCUT2D eigenvalue weighted by molar-refractivity contribution is 0.328. The van der Waals surface area contributed by atoms with E-state index in [-0.39, 0.29) is 0 Å². The van der Waals surface area contributed by atoms with E-state index >= 15 is 0 Å². The lowest BCUT2D eigenvalue weighted by atomic mass is 10.4. The Morgan fingerprint density at radius 3 is 2.50 bits per heavy atom. The first-order valence-corrected chi connectivity index (χ1v) is 4.95. The summed E-state index contributed by atoms with van der Waals surface area (Å²) in [5.74, 6) is 0. The highest BCUT2D eigenvalue weighted by Crippen LogP contribution is 2.37. The van der Waals surface area contributed by atoms with Crippen molar-refractivity contribution in [2.75, 3.05) is 0 Å². The zero-order valence-corrected chi connectivity index (χ0v) is 9.00. The Labute approximate surface area is 87.1 Å². The van der Waals surface area contributed by atoms with Gasteiger partial charge in [0.05, 0.1) is 0 Å². The van der Waals surface area contributed by atoms with Gasteiger partial charge < -0.3 is 0 Å². The van der Waals surface area contributed by atoms with E-state index in [2.05, 4.69) is 12.9 Å². The van der Waals surface area contributed by atoms with Crippen LogP contribution in [0.1, 0.15) is 6.92 Å². The SMILES string of the molecule is CC(Cl)(OS)Sc1ccccc1. The van der Waals surface area contributed by atoms with Crippen LogP contribution in [0.3, 0.4) is 0 Å². The van der Waals surface area contributed by atoms with Gasteiger partial charge in [0.25, 0.3) is 0 Å². The molecular formula is C8H9ClOS2. The Balaban J connectivity index is 2.64. The summed E-state index contributed by atoms with van der Waals surface area (Å²) in [6, 6.07) is 9.80. The Morgan fingerprint density at radius 1 is 1.42 bits per heavy atom. The fourth-order valence-corrected chi connectivity index (χ4v) is 1.85. The van der Waals surface area contributed by atoms with Gasteiger partial charge in [-0.25, -0.2) is 0 Å². The van der Waals surface area contributed by atoms with E-state index in [1.54, 1.807) is 6.92 Å². The predicted octanol–water partition coefficient (Wildman–Crippen LogP) is 3.55. The van der Waals surface area contributed by atoms with E-state index in [0.717, 1.165) is 4.90 Å². The number of alkyl halides is 1. The third kappa shape index (κ3) is 3.27. The van der Waals surface area contributed by atoms with Crippen molar-refractivity contribution in [1.29, 1.82) is 0 Å². The lowest BCUT2D eigenvalue weighted by Crippen LogP contribution is -2.09. The molecule has 0 heterocycles. The summed E-state index contributed by atoms with van der Waals surface area (Å²) >= 11 is 11.0. The van der Waals surface area contributed by atoms with Crippen molar-refractivity contribution < 1.29 is 4.18 Å². The molecule has 0 aromatic heterocycles. The number of thioether (sulfide) groups is 1. The molecule has 0 saturated carbocycles. The summed E-state index contributed by atoms with van der Waals surface area (Å²) in [7, 11) is 0. The first-order chi connectivity index (χ1) is 5.64. The maximum absolute atomic E-state index is 5.92. The highest BCUT2D eigenvalue weighted by atomic mass is 35.5. The van der Waals surface area contributed by atoms with Crippen LogP contribution in [0.25, 0.3) is 0 Å². The van der Waals surface area contributed by atoms with E-state index in [1.165, 1.54) is 11.8 Å². The highest BCUT2D eigenvalue weighted by molar-refractivity contribution is 8.02. The fraction of sp³-hybridized carbons (Fsp3) is 0.250. The molecule has 0 spiro atoms. The van der Waals surface area contributed by atoms with Gasteiger partial charge in [0.15, 0.2) is 0 Å². The number of rotatable bonds is 3. The summed E-state index contributed by atoms with van der Waals surface area (Å²) in [5, 5.41) is 0. The van der Waals surface area contributed by atoms with Crippen LogP contribution >= 0.6 is 36.3 Å². The molecule has 1 unspecified atom stereocenters. The van der Waals surface area contributed by atoms with Crippen molar-refractivity contribution in [2.45, 2.75) is 16.2 Å². The van der Waals surface area contributed by atoms with Crippen molar-refractivity contribution >= 4 is 36.3 Å². The summed E-state index contributed by atoms with van der Waals surface area (Å²) in [4.78, 5) is 1.06. The smallest absolute Gasteiger partial charge is 0.202 e. The number of hydrogen-bond acceptors (Lipinski definition) is 3. The van der Waals surface area contributed by atoms with Crippen molar-refractivity contribution in [3.8, 4) is 0 Å². The van der Waals surface area contributed by atoms with Gasteiger partial charge in [-0.3, -0.25) is 4.18 Å². The molecule has 0 bridgehead atoms. The van der Waals surface area contributed by atoms with E-state index in [9.17, 15) is 0 Å². The molecule has 1 atom stereocenters. The summed E-state index contributed by atoms with van der Waals surface area (Å²) in [5.41, 5.74) is 0. The number of benzene rings is 1. The summed E-state index contributed by atoms with van der Waals surface area (Å²) in [6.45, 7) is 1.75. The van der Waals surface area contributed by atoms with E-state index in [1.807, 2.05) is 30.3 Å². The topological polar surface area (TPSA) is 9.23 Å². The van der Waals surface area contributed by atoms with Crippen LogP contribution in [-0.2, 0) is 4.18 Å². The molecular weight excluding hydrogens is 212 g/mol. The van der Waals surface area contributed by atoms with Crippen LogP contribution < -0.4 is 0 Å². The molecule has 0 radical (unpaired) electrons. The molecule has 4 heteroatoms. The van der Waals surface area contributed by atoms with Crippen LogP contribution in [0.5, 0.6) is 0 Å². The van der Waals surface area contributed by atoms with Crippen LogP contribution in [0, 0.1) is 0 Å². The second-order valence-corrected chi connectivity index (χ2v) is 4.92. The molecule has 1 nitrogen and oxygen atoms in total. The van der Waals surface area contributed by atoms with E-state index < -0.39 is 4.39 Å². The summed E-state index contributed by atoms with van der Waals surface area (Å²) in [6.07, 6.45) is 0. The van der Waals surface area contributed by atoms with Crippen LogP contribution in [0.2, 0.25) is 0 Å². The van der Waals surface area contributed by atoms with Gasteiger partial charge in [0.2, 0.25) is 4.39 Å².